The molecular weight excluding hydrogens is 172 g/mol. The van der Waals surface area contributed by atoms with Crippen molar-refractivity contribution in [1.29, 1.82) is 0 Å². The molecule has 0 bridgehead atoms. The Morgan fingerprint density at radius 1 is 1.54 bits per heavy atom. The number of ether oxygens (including phenoxy) is 1. The number of rotatable bonds is 5. The van der Waals surface area contributed by atoms with Gasteiger partial charge in [-0.15, -0.1) is 0 Å². The third kappa shape index (κ3) is 4.30. The van der Waals surface area contributed by atoms with E-state index in [2.05, 4.69) is 11.3 Å². The summed E-state index contributed by atoms with van der Waals surface area (Å²) in [5.41, 5.74) is -1.07. The minimum atomic E-state index is -1.07. The summed E-state index contributed by atoms with van der Waals surface area (Å²) in [6.45, 7) is 6.44. The van der Waals surface area contributed by atoms with Gasteiger partial charge in [0.2, 0.25) is 0 Å². The summed E-state index contributed by atoms with van der Waals surface area (Å²) in [5.74, 6) is -1.53. The lowest BCUT2D eigenvalue weighted by atomic mass is 9.90. The van der Waals surface area contributed by atoms with E-state index >= 15 is 0 Å². The zero-order valence-electron chi connectivity index (χ0n) is 7.87. The second-order valence-corrected chi connectivity index (χ2v) is 3.34. The predicted octanol–water partition coefficient (Wildman–Crippen LogP) is 1.22. The Morgan fingerprint density at radius 3 is 2.46 bits per heavy atom. The van der Waals surface area contributed by atoms with Crippen molar-refractivity contribution < 1.29 is 19.4 Å². The quantitative estimate of drug-likeness (QED) is 0.518. The molecule has 0 aliphatic rings. The molecular formula is C9H14O4. The van der Waals surface area contributed by atoms with Crippen molar-refractivity contribution in [3.63, 3.8) is 0 Å². The molecule has 0 atom stereocenters. The molecule has 4 heteroatoms. The molecule has 0 spiro atoms. The summed E-state index contributed by atoms with van der Waals surface area (Å²) in [6, 6.07) is 0. The van der Waals surface area contributed by atoms with Crippen LogP contribution in [0.4, 0.5) is 0 Å². The normalized spacial score (nSPS) is 10.6. The van der Waals surface area contributed by atoms with Crippen molar-refractivity contribution >= 4 is 11.9 Å². The third-order valence-corrected chi connectivity index (χ3v) is 1.53. The number of esters is 1. The number of carbonyl (C=O) groups is 2. The maximum absolute atomic E-state index is 11.0. The van der Waals surface area contributed by atoms with Gasteiger partial charge in [0.05, 0.1) is 11.8 Å². The largest absolute Gasteiger partial charge is 0.481 e. The van der Waals surface area contributed by atoms with Gasteiger partial charge in [0, 0.05) is 0 Å². The molecule has 0 heterocycles. The molecule has 0 aromatic heterocycles. The summed E-state index contributed by atoms with van der Waals surface area (Å²) in [5, 5.41) is 8.69. The Kier molecular flexibility index (Phi) is 4.17. The third-order valence-electron chi connectivity index (χ3n) is 1.53. The van der Waals surface area contributed by atoms with Crippen LogP contribution in [0.25, 0.3) is 0 Å². The maximum atomic E-state index is 11.0. The number of carboxylic acids is 1. The summed E-state index contributed by atoms with van der Waals surface area (Å²) in [4.78, 5) is 21.6. The first-order chi connectivity index (χ1) is 5.90. The van der Waals surface area contributed by atoms with Crippen molar-refractivity contribution in [2.24, 2.45) is 5.41 Å². The maximum Gasteiger partial charge on any atom is 0.309 e. The van der Waals surface area contributed by atoms with Crippen LogP contribution in [0.3, 0.4) is 0 Å². The molecule has 74 valence electrons. The van der Waals surface area contributed by atoms with Crippen molar-refractivity contribution in [3.05, 3.63) is 12.7 Å². The fourth-order valence-electron chi connectivity index (χ4n) is 0.639. The van der Waals surface area contributed by atoms with Crippen LogP contribution in [-0.4, -0.2) is 23.7 Å². The van der Waals surface area contributed by atoms with E-state index in [4.69, 9.17) is 5.11 Å². The molecule has 0 aliphatic carbocycles. The van der Waals surface area contributed by atoms with Gasteiger partial charge in [0.15, 0.2) is 0 Å². The van der Waals surface area contributed by atoms with E-state index in [0.29, 0.717) is 0 Å². The van der Waals surface area contributed by atoms with E-state index in [0.717, 1.165) is 0 Å². The molecule has 0 aliphatic heterocycles. The molecule has 1 N–H and O–H groups in total. The van der Waals surface area contributed by atoms with Gasteiger partial charge in [-0.2, -0.15) is 0 Å². The Balaban J connectivity index is 4.04. The highest BCUT2D eigenvalue weighted by molar-refractivity contribution is 5.81. The Hall–Kier alpha value is -1.32. The minimum Gasteiger partial charge on any atom is -0.481 e. The monoisotopic (exact) mass is 186 g/mol. The van der Waals surface area contributed by atoms with Crippen molar-refractivity contribution in [3.8, 4) is 0 Å². The predicted molar refractivity (Wildman–Crippen MR) is 47.2 cm³/mol. The molecule has 0 rings (SSSR count). The zero-order chi connectivity index (χ0) is 10.5. The first-order valence-corrected chi connectivity index (χ1v) is 3.90. The van der Waals surface area contributed by atoms with Crippen LogP contribution in [0.5, 0.6) is 0 Å². The van der Waals surface area contributed by atoms with E-state index in [-0.39, 0.29) is 13.0 Å². The van der Waals surface area contributed by atoms with E-state index in [1.165, 1.54) is 19.9 Å². The van der Waals surface area contributed by atoms with Crippen LogP contribution in [-0.2, 0) is 14.3 Å². The number of carbonyl (C=O) groups excluding carboxylic acids is 1. The molecule has 13 heavy (non-hydrogen) atoms. The van der Waals surface area contributed by atoms with E-state index < -0.39 is 17.4 Å². The zero-order valence-corrected chi connectivity index (χ0v) is 7.87. The molecule has 0 saturated heterocycles. The fraction of sp³-hybridized carbons (Fsp3) is 0.556. The van der Waals surface area contributed by atoms with Crippen LogP contribution in [0.1, 0.15) is 20.3 Å². The molecule has 0 fully saturated rings. The summed E-state index contributed by atoms with van der Waals surface area (Å²) in [6.07, 6.45) is 1.31. The highest BCUT2D eigenvalue weighted by atomic mass is 16.5. The topological polar surface area (TPSA) is 63.6 Å². The lowest BCUT2D eigenvalue weighted by Crippen LogP contribution is -2.27. The number of hydrogen-bond acceptors (Lipinski definition) is 3. The first kappa shape index (κ1) is 11.7. The van der Waals surface area contributed by atoms with E-state index in [9.17, 15) is 9.59 Å². The molecule has 0 radical (unpaired) electrons. The summed E-state index contributed by atoms with van der Waals surface area (Å²) >= 11 is 0. The highest BCUT2D eigenvalue weighted by Gasteiger charge is 2.30. The molecule has 0 unspecified atom stereocenters. The van der Waals surface area contributed by atoms with Gasteiger partial charge in [-0.3, -0.25) is 9.59 Å². The standard InChI is InChI=1S/C9H14O4/c1-4-5-13-7(10)6-9(2,3)8(11)12/h4H,1,5-6H2,2-3H3,(H,11,12). The minimum absolute atomic E-state index is 0.120. The van der Waals surface area contributed by atoms with Gasteiger partial charge < -0.3 is 9.84 Å². The van der Waals surface area contributed by atoms with Crippen LogP contribution >= 0.6 is 0 Å². The number of carboxylic acid groups (broad SMARTS) is 1. The second-order valence-electron chi connectivity index (χ2n) is 3.34. The average molecular weight is 186 g/mol. The molecule has 0 amide bonds. The molecule has 0 aromatic carbocycles. The second kappa shape index (κ2) is 4.64. The number of hydrogen-bond donors (Lipinski definition) is 1. The Labute approximate surface area is 77.2 Å². The van der Waals surface area contributed by atoms with Gasteiger partial charge in [-0.25, -0.2) is 0 Å². The van der Waals surface area contributed by atoms with Gasteiger partial charge >= 0.3 is 11.9 Å². The Morgan fingerprint density at radius 2 is 2.08 bits per heavy atom. The van der Waals surface area contributed by atoms with Crippen molar-refractivity contribution in [2.75, 3.05) is 6.61 Å². The lowest BCUT2D eigenvalue weighted by Gasteiger charge is -2.17. The number of aliphatic carboxylic acids is 1. The van der Waals surface area contributed by atoms with Gasteiger partial charge in [-0.1, -0.05) is 12.7 Å². The lowest BCUT2D eigenvalue weighted by molar-refractivity contribution is -0.155. The van der Waals surface area contributed by atoms with Crippen LogP contribution in [0, 0.1) is 5.41 Å². The molecule has 4 nitrogen and oxygen atoms in total. The fourth-order valence-corrected chi connectivity index (χ4v) is 0.639. The van der Waals surface area contributed by atoms with Crippen molar-refractivity contribution in [1.82, 2.24) is 0 Å². The summed E-state index contributed by atoms with van der Waals surface area (Å²) < 4.78 is 4.66. The Bertz CT molecular complexity index is 218. The van der Waals surface area contributed by atoms with Crippen LogP contribution in [0.2, 0.25) is 0 Å². The van der Waals surface area contributed by atoms with Gasteiger partial charge in [-0.05, 0) is 13.8 Å². The SMILES string of the molecule is C=CCOC(=O)CC(C)(C)C(=O)O. The summed E-state index contributed by atoms with van der Waals surface area (Å²) in [7, 11) is 0. The van der Waals surface area contributed by atoms with Crippen LogP contribution in [0.15, 0.2) is 12.7 Å². The van der Waals surface area contributed by atoms with Gasteiger partial charge in [0.25, 0.3) is 0 Å². The van der Waals surface area contributed by atoms with Gasteiger partial charge in [0.1, 0.15) is 6.61 Å². The van der Waals surface area contributed by atoms with E-state index in [1.807, 2.05) is 0 Å². The van der Waals surface area contributed by atoms with Crippen LogP contribution < -0.4 is 0 Å². The molecule has 0 aromatic rings. The van der Waals surface area contributed by atoms with Crippen molar-refractivity contribution in [2.45, 2.75) is 20.3 Å². The smallest absolute Gasteiger partial charge is 0.309 e. The molecule has 0 saturated carbocycles. The highest BCUT2D eigenvalue weighted by Crippen LogP contribution is 2.20. The first-order valence-electron chi connectivity index (χ1n) is 3.90. The van der Waals surface area contributed by atoms with E-state index in [1.54, 1.807) is 0 Å². The average Bonchev–Trinajstić information content (AvgIpc) is 1.99.